The van der Waals surface area contributed by atoms with E-state index in [-0.39, 0.29) is 30.0 Å². The van der Waals surface area contributed by atoms with Crippen molar-refractivity contribution in [3.63, 3.8) is 0 Å². The molecular formula is C23H33N3O6S2. The molecule has 188 valence electrons. The second-order valence-corrected chi connectivity index (χ2v) is 13.1. The van der Waals surface area contributed by atoms with Crippen molar-refractivity contribution in [1.29, 1.82) is 0 Å². The number of carbonyl (C=O) groups excluding carboxylic acids is 1. The monoisotopic (exact) mass is 511 g/mol. The highest BCUT2D eigenvalue weighted by Gasteiger charge is 2.22. The van der Waals surface area contributed by atoms with Crippen LogP contribution < -0.4 is 14.4 Å². The molecule has 2 aromatic carbocycles. The van der Waals surface area contributed by atoms with Gasteiger partial charge in [-0.3, -0.25) is 9.10 Å². The van der Waals surface area contributed by atoms with Gasteiger partial charge in [-0.15, -0.1) is 0 Å². The first kappa shape index (κ1) is 27.6. The summed E-state index contributed by atoms with van der Waals surface area (Å²) in [6, 6.07) is 13.0. The zero-order chi connectivity index (χ0) is 25.7. The number of amides is 1. The number of hydrogen-bond donors (Lipinski definition) is 1. The average Bonchev–Trinajstić information content (AvgIpc) is 2.74. The van der Waals surface area contributed by atoms with Crippen LogP contribution in [0.2, 0.25) is 0 Å². The minimum Gasteiger partial charge on any atom is -0.492 e. The Morgan fingerprint density at radius 3 is 1.97 bits per heavy atom. The molecule has 0 saturated carbocycles. The third-order valence-corrected chi connectivity index (χ3v) is 7.97. The maximum Gasteiger partial charge on any atom is 0.242 e. The molecule has 0 aliphatic rings. The molecular weight excluding hydrogens is 478 g/mol. The summed E-state index contributed by atoms with van der Waals surface area (Å²) in [5, 5.41) is 2.64. The van der Waals surface area contributed by atoms with Crippen molar-refractivity contribution < 1.29 is 26.4 Å². The van der Waals surface area contributed by atoms with Crippen LogP contribution in [-0.2, 0) is 30.3 Å². The van der Waals surface area contributed by atoms with E-state index in [9.17, 15) is 21.6 Å². The van der Waals surface area contributed by atoms with Gasteiger partial charge >= 0.3 is 0 Å². The summed E-state index contributed by atoms with van der Waals surface area (Å²) in [5.41, 5.74) is 1.39. The van der Waals surface area contributed by atoms with Crippen LogP contribution in [0.15, 0.2) is 53.4 Å². The fourth-order valence-corrected chi connectivity index (χ4v) is 4.75. The highest BCUT2D eigenvalue weighted by molar-refractivity contribution is 7.92. The lowest BCUT2D eigenvalue weighted by molar-refractivity contribution is -0.119. The lowest BCUT2D eigenvalue weighted by Crippen LogP contribution is -2.41. The van der Waals surface area contributed by atoms with Crippen molar-refractivity contribution in [2.75, 3.05) is 44.4 Å². The molecule has 0 saturated heterocycles. The first-order chi connectivity index (χ1) is 15.6. The van der Waals surface area contributed by atoms with E-state index in [0.29, 0.717) is 11.4 Å². The van der Waals surface area contributed by atoms with Crippen LogP contribution in [0, 0.1) is 0 Å². The van der Waals surface area contributed by atoms with Gasteiger partial charge in [-0.1, -0.05) is 32.9 Å². The van der Waals surface area contributed by atoms with E-state index in [0.717, 1.165) is 20.4 Å². The molecule has 11 heteroatoms. The fraction of sp³-hybridized carbons (Fsp3) is 0.435. The number of hydrogen-bond acceptors (Lipinski definition) is 6. The van der Waals surface area contributed by atoms with Crippen molar-refractivity contribution >= 4 is 31.6 Å². The number of benzene rings is 2. The minimum atomic E-state index is -3.67. The van der Waals surface area contributed by atoms with E-state index in [1.165, 1.54) is 38.4 Å². The van der Waals surface area contributed by atoms with Gasteiger partial charge in [-0.2, -0.15) is 0 Å². The number of rotatable bonds is 10. The molecule has 0 radical (unpaired) electrons. The molecule has 0 atom stereocenters. The third-order valence-electron chi connectivity index (χ3n) is 5.00. The molecule has 2 aromatic rings. The van der Waals surface area contributed by atoms with Crippen molar-refractivity contribution in [2.24, 2.45) is 0 Å². The lowest BCUT2D eigenvalue weighted by atomic mass is 9.87. The Morgan fingerprint density at radius 1 is 0.941 bits per heavy atom. The maximum absolute atomic E-state index is 12.4. The van der Waals surface area contributed by atoms with E-state index in [4.69, 9.17) is 4.74 Å². The topological polar surface area (TPSA) is 113 Å². The summed E-state index contributed by atoms with van der Waals surface area (Å²) in [6.45, 7) is 6.11. The number of nitrogens with one attached hydrogen (secondary N) is 1. The molecule has 0 bridgehead atoms. The standard InChI is InChI=1S/C23H33N3O6S2/c1-23(2,3)18-7-9-19(10-8-18)26(33(6,28)29)17-22(27)24-15-16-32-20-11-13-21(14-12-20)34(30,31)25(4)5/h7-14H,15-17H2,1-6H3,(H,24,27). The van der Waals surface area contributed by atoms with Crippen molar-refractivity contribution in [3.8, 4) is 5.75 Å². The van der Waals surface area contributed by atoms with Gasteiger partial charge in [-0.25, -0.2) is 21.1 Å². The Hall–Kier alpha value is -2.63. The van der Waals surface area contributed by atoms with E-state index < -0.39 is 26.0 Å². The fourth-order valence-electron chi connectivity index (χ4n) is 2.99. The molecule has 2 rings (SSSR count). The first-order valence-corrected chi connectivity index (χ1v) is 13.9. The van der Waals surface area contributed by atoms with E-state index >= 15 is 0 Å². The summed E-state index contributed by atoms with van der Waals surface area (Å²) in [4.78, 5) is 12.5. The summed E-state index contributed by atoms with van der Waals surface area (Å²) < 4.78 is 56.5. The molecule has 1 amide bonds. The second-order valence-electron chi connectivity index (χ2n) is 9.02. The third kappa shape index (κ3) is 7.44. The Labute approximate surface area is 202 Å². The van der Waals surface area contributed by atoms with Crippen LogP contribution in [-0.4, -0.2) is 67.1 Å². The van der Waals surface area contributed by atoms with Crippen LogP contribution in [0.4, 0.5) is 5.69 Å². The van der Waals surface area contributed by atoms with Crippen molar-refractivity contribution in [3.05, 3.63) is 54.1 Å². The molecule has 0 unspecified atom stereocenters. The van der Waals surface area contributed by atoms with Gasteiger partial charge < -0.3 is 10.1 Å². The quantitative estimate of drug-likeness (QED) is 0.490. The number of nitrogens with zero attached hydrogens (tertiary/aromatic N) is 2. The van der Waals surface area contributed by atoms with E-state index in [1.54, 1.807) is 12.1 Å². The number of ether oxygens (including phenoxy) is 1. The molecule has 0 aliphatic carbocycles. The molecule has 0 aromatic heterocycles. The Kier molecular flexibility index (Phi) is 8.73. The molecule has 0 spiro atoms. The Morgan fingerprint density at radius 2 is 1.50 bits per heavy atom. The molecule has 0 fully saturated rings. The number of carbonyl (C=O) groups is 1. The van der Waals surface area contributed by atoms with Crippen molar-refractivity contribution in [2.45, 2.75) is 31.1 Å². The summed E-state index contributed by atoms with van der Waals surface area (Å²) in [5.74, 6) is -0.0231. The highest BCUT2D eigenvalue weighted by atomic mass is 32.2. The molecule has 0 heterocycles. The normalized spacial score (nSPS) is 12.4. The minimum absolute atomic E-state index is 0.0766. The van der Waals surface area contributed by atoms with E-state index in [1.807, 2.05) is 12.1 Å². The zero-order valence-electron chi connectivity index (χ0n) is 20.4. The summed E-state index contributed by atoms with van der Waals surface area (Å²) >= 11 is 0. The van der Waals surface area contributed by atoms with Crippen LogP contribution in [0.1, 0.15) is 26.3 Å². The van der Waals surface area contributed by atoms with Crippen molar-refractivity contribution in [1.82, 2.24) is 9.62 Å². The summed E-state index contributed by atoms with van der Waals surface area (Å²) in [6.07, 6.45) is 1.06. The molecule has 1 N–H and O–H groups in total. The highest BCUT2D eigenvalue weighted by Crippen LogP contribution is 2.26. The predicted molar refractivity (Wildman–Crippen MR) is 133 cm³/mol. The predicted octanol–water partition coefficient (Wildman–Crippen LogP) is 2.20. The Bertz CT molecular complexity index is 1180. The number of anilines is 1. The van der Waals surface area contributed by atoms with Crippen LogP contribution in [0.3, 0.4) is 0 Å². The van der Waals surface area contributed by atoms with Gasteiger partial charge in [0.25, 0.3) is 0 Å². The van der Waals surface area contributed by atoms with Gasteiger partial charge in [-0.05, 0) is 47.4 Å². The molecule has 9 nitrogen and oxygen atoms in total. The molecule has 0 aliphatic heterocycles. The Balaban J connectivity index is 1.92. The first-order valence-electron chi connectivity index (χ1n) is 10.6. The lowest BCUT2D eigenvalue weighted by Gasteiger charge is -2.24. The van der Waals surface area contributed by atoms with Crippen LogP contribution in [0.25, 0.3) is 0 Å². The average molecular weight is 512 g/mol. The van der Waals surface area contributed by atoms with Gasteiger partial charge in [0.2, 0.25) is 26.0 Å². The molecule has 34 heavy (non-hydrogen) atoms. The largest absolute Gasteiger partial charge is 0.492 e. The SMILES string of the molecule is CN(C)S(=O)(=O)c1ccc(OCCNC(=O)CN(c2ccc(C(C)(C)C)cc2)S(C)(=O)=O)cc1. The van der Waals surface area contributed by atoms with E-state index in [2.05, 4.69) is 26.1 Å². The van der Waals surface area contributed by atoms with Gasteiger partial charge in [0.1, 0.15) is 18.9 Å². The summed E-state index contributed by atoms with van der Waals surface area (Å²) in [7, 11) is -4.28. The van der Waals surface area contributed by atoms with Gasteiger partial charge in [0.05, 0.1) is 23.4 Å². The second kappa shape index (κ2) is 10.7. The smallest absolute Gasteiger partial charge is 0.242 e. The zero-order valence-corrected chi connectivity index (χ0v) is 22.0. The van der Waals surface area contributed by atoms with Crippen LogP contribution in [0.5, 0.6) is 5.75 Å². The van der Waals surface area contributed by atoms with Crippen LogP contribution >= 0.6 is 0 Å². The van der Waals surface area contributed by atoms with Gasteiger partial charge in [0.15, 0.2) is 0 Å². The van der Waals surface area contributed by atoms with Gasteiger partial charge in [0, 0.05) is 14.1 Å². The number of sulfonamides is 2. The maximum atomic E-state index is 12.4.